The number of aryl methyl sites for hydroxylation is 2. The molecule has 41 heavy (non-hydrogen) atoms. The third kappa shape index (κ3) is 8.67. The molecule has 0 aliphatic heterocycles. The number of rotatable bonds is 14. The second-order valence-corrected chi connectivity index (χ2v) is 9.99. The Bertz CT molecular complexity index is 1550. The normalized spacial score (nSPS) is 10.6. The summed E-state index contributed by atoms with van der Waals surface area (Å²) in [7, 11) is 0. The molecule has 214 valence electrons. The average molecular weight is 557 g/mol. The molecule has 0 radical (unpaired) electrons. The van der Waals surface area contributed by atoms with Crippen LogP contribution >= 0.6 is 0 Å². The van der Waals surface area contributed by atoms with Crippen LogP contribution in [0.5, 0.6) is 5.75 Å². The quantitative estimate of drug-likeness (QED) is 0.0525. The molecule has 0 saturated heterocycles. The second kappa shape index (κ2) is 14.1. The average Bonchev–Trinajstić information content (AvgIpc) is 2.93. The van der Waals surface area contributed by atoms with Crippen LogP contribution in [-0.2, 0) is 31.9 Å². The minimum atomic E-state index is -0.466. The molecule has 3 aromatic rings. The van der Waals surface area contributed by atoms with E-state index in [-0.39, 0.29) is 13.2 Å². The molecule has 0 aliphatic rings. The van der Waals surface area contributed by atoms with Gasteiger partial charge in [-0.1, -0.05) is 44.5 Å². The fourth-order valence-electron chi connectivity index (χ4n) is 3.95. The van der Waals surface area contributed by atoms with Gasteiger partial charge < -0.3 is 18.6 Å². The number of esters is 2. The molecule has 0 atom stereocenters. The van der Waals surface area contributed by atoms with Crippen LogP contribution in [0.3, 0.4) is 0 Å². The Morgan fingerprint density at radius 2 is 1.37 bits per heavy atom. The highest BCUT2D eigenvalue weighted by atomic mass is 16.5. The van der Waals surface area contributed by atoms with E-state index in [4.69, 9.17) is 18.6 Å². The van der Waals surface area contributed by atoms with E-state index in [2.05, 4.69) is 26.3 Å². The minimum absolute atomic E-state index is 0.211. The fraction of sp³-hybridized carbons (Fsp3) is 0.265. The molecule has 0 aliphatic carbocycles. The van der Waals surface area contributed by atoms with Gasteiger partial charge in [0.1, 0.15) is 17.1 Å². The van der Waals surface area contributed by atoms with Crippen LogP contribution in [0.4, 0.5) is 0 Å². The third-order valence-corrected chi connectivity index (χ3v) is 6.21. The van der Waals surface area contributed by atoms with Crippen molar-refractivity contribution in [1.82, 2.24) is 0 Å². The van der Waals surface area contributed by atoms with Gasteiger partial charge in [-0.25, -0.2) is 14.4 Å². The Kier molecular flexibility index (Phi) is 10.6. The molecule has 0 saturated carbocycles. The van der Waals surface area contributed by atoms with E-state index in [1.165, 1.54) is 0 Å². The molecule has 7 heteroatoms. The van der Waals surface area contributed by atoms with Gasteiger partial charge >= 0.3 is 17.6 Å². The Labute approximate surface area is 240 Å². The predicted molar refractivity (Wildman–Crippen MR) is 161 cm³/mol. The molecule has 0 bridgehead atoms. The second-order valence-electron chi connectivity index (χ2n) is 9.99. The summed E-state index contributed by atoms with van der Waals surface area (Å²) in [5.74, 6) is 0.188. The van der Waals surface area contributed by atoms with Crippen molar-refractivity contribution in [3.8, 4) is 16.9 Å². The molecule has 0 spiro atoms. The van der Waals surface area contributed by atoms with E-state index < -0.39 is 17.6 Å². The van der Waals surface area contributed by atoms with E-state index in [1.54, 1.807) is 38.1 Å². The first kappa shape index (κ1) is 30.9. The van der Waals surface area contributed by atoms with Crippen LogP contribution in [0, 0.1) is 0 Å². The first-order valence-electron chi connectivity index (χ1n) is 13.3. The fourth-order valence-corrected chi connectivity index (χ4v) is 3.95. The first-order valence-corrected chi connectivity index (χ1v) is 13.3. The van der Waals surface area contributed by atoms with E-state index in [0.717, 1.165) is 22.1 Å². The number of fused-ring (bicyclic) bond motifs is 1. The summed E-state index contributed by atoms with van der Waals surface area (Å²) in [5, 5.41) is 0.765. The van der Waals surface area contributed by atoms with Crippen molar-refractivity contribution in [2.24, 2.45) is 0 Å². The Hall–Kier alpha value is -4.65. The molecule has 0 fully saturated rings. The van der Waals surface area contributed by atoms with Crippen LogP contribution < -0.4 is 10.4 Å². The lowest BCUT2D eigenvalue weighted by Crippen LogP contribution is -2.08. The van der Waals surface area contributed by atoms with Gasteiger partial charge in [-0.15, -0.1) is 0 Å². The minimum Gasteiger partial charge on any atom is -0.462 e. The molecular weight excluding hydrogens is 520 g/mol. The molecule has 2 aromatic carbocycles. The van der Waals surface area contributed by atoms with E-state index in [9.17, 15) is 14.4 Å². The smallest absolute Gasteiger partial charge is 0.344 e. The number of benzene rings is 2. The summed E-state index contributed by atoms with van der Waals surface area (Å²) in [5.41, 5.74) is 4.35. The van der Waals surface area contributed by atoms with Gasteiger partial charge in [0.15, 0.2) is 0 Å². The van der Waals surface area contributed by atoms with Crippen molar-refractivity contribution in [2.75, 3.05) is 13.2 Å². The zero-order valence-electron chi connectivity index (χ0n) is 24.0. The maximum absolute atomic E-state index is 13.1. The van der Waals surface area contributed by atoms with Gasteiger partial charge in [-0.05, 0) is 93.0 Å². The van der Waals surface area contributed by atoms with Gasteiger partial charge in [-0.3, -0.25) is 0 Å². The van der Waals surface area contributed by atoms with Crippen LogP contribution in [0.2, 0.25) is 0 Å². The molecule has 0 N–H and O–H groups in total. The standard InChI is InChI=1S/C34H36O7/c1-21(2)24(7)40-29-14-12-26(13-15-29)30-20-28-19-25(10-8-16-38-32(35)22(3)4)18-27(31(28)41-34(30)37)11-9-17-39-33(36)23(5)6/h12-15,18-20H,1,3,5,7-11,16-17H2,2,4,6H3. The maximum atomic E-state index is 13.1. The highest BCUT2D eigenvalue weighted by Gasteiger charge is 2.14. The summed E-state index contributed by atoms with van der Waals surface area (Å²) in [6.07, 6.45) is 2.32. The molecule has 1 aromatic heterocycles. The van der Waals surface area contributed by atoms with E-state index in [1.807, 2.05) is 25.1 Å². The molecule has 7 nitrogen and oxygen atoms in total. The number of hydrogen-bond acceptors (Lipinski definition) is 7. The first-order chi connectivity index (χ1) is 19.5. The number of ether oxygens (including phenoxy) is 3. The Morgan fingerprint density at radius 1 is 0.780 bits per heavy atom. The van der Waals surface area contributed by atoms with Crippen LogP contribution in [-0.4, -0.2) is 25.2 Å². The number of allylic oxidation sites excluding steroid dienone is 1. The molecule has 0 unspecified atom stereocenters. The molecule has 3 rings (SSSR count). The Morgan fingerprint density at radius 3 is 1.93 bits per heavy atom. The highest BCUT2D eigenvalue weighted by Crippen LogP contribution is 2.28. The van der Waals surface area contributed by atoms with Crippen molar-refractivity contribution < 1.29 is 28.2 Å². The van der Waals surface area contributed by atoms with E-state index >= 15 is 0 Å². The lowest BCUT2D eigenvalue weighted by molar-refractivity contribution is -0.139. The summed E-state index contributed by atoms with van der Waals surface area (Å²) < 4.78 is 22.0. The lowest BCUT2D eigenvalue weighted by Gasteiger charge is -2.12. The predicted octanol–water partition coefficient (Wildman–Crippen LogP) is 7.03. The molecule has 1 heterocycles. The van der Waals surface area contributed by atoms with Crippen LogP contribution in [0.1, 0.15) is 44.7 Å². The largest absolute Gasteiger partial charge is 0.462 e. The highest BCUT2D eigenvalue weighted by molar-refractivity contribution is 5.87. The van der Waals surface area contributed by atoms with Crippen molar-refractivity contribution in [2.45, 2.75) is 46.5 Å². The SMILES string of the molecule is C=C(C)C(=C)Oc1ccc(-c2cc3cc(CCCOC(=O)C(=C)C)cc(CCCOC(=O)C(=C)C)c3oc2=O)cc1. The van der Waals surface area contributed by atoms with Gasteiger partial charge in [0, 0.05) is 16.5 Å². The molecule has 0 amide bonds. The summed E-state index contributed by atoms with van der Waals surface area (Å²) in [6, 6.07) is 12.9. The van der Waals surface area contributed by atoms with Gasteiger partial charge in [0.05, 0.1) is 18.8 Å². The van der Waals surface area contributed by atoms with Crippen molar-refractivity contribution in [3.63, 3.8) is 0 Å². The van der Waals surface area contributed by atoms with E-state index in [0.29, 0.717) is 65.0 Å². The van der Waals surface area contributed by atoms with Crippen LogP contribution in [0.25, 0.3) is 22.1 Å². The lowest BCUT2D eigenvalue weighted by atomic mass is 9.98. The summed E-state index contributed by atoms with van der Waals surface area (Å²) in [4.78, 5) is 36.5. The number of carbonyl (C=O) groups is 2. The zero-order chi connectivity index (χ0) is 30.1. The van der Waals surface area contributed by atoms with Gasteiger partial charge in [0.25, 0.3) is 0 Å². The van der Waals surface area contributed by atoms with Crippen LogP contribution in [0.15, 0.2) is 100 Å². The number of hydrogen-bond donors (Lipinski definition) is 0. The van der Waals surface area contributed by atoms with Gasteiger partial charge in [0.2, 0.25) is 0 Å². The summed E-state index contributed by atoms with van der Waals surface area (Å²) >= 11 is 0. The monoisotopic (exact) mass is 556 g/mol. The summed E-state index contributed by atoms with van der Waals surface area (Å²) in [6.45, 7) is 20.3. The van der Waals surface area contributed by atoms with Crippen molar-refractivity contribution >= 4 is 22.9 Å². The van der Waals surface area contributed by atoms with Gasteiger partial charge in [-0.2, -0.15) is 0 Å². The Balaban J connectivity index is 1.89. The van der Waals surface area contributed by atoms with Crippen molar-refractivity contribution in [3.05, 3.63) is 113 Å². The zero-order valence-corrected chi connectivity index (χ0v) is 24.0. The number of carbonyl (C=O) groups excluding carboxylic acids is 2. The molecular formula is C34H36O7. The topological polar surface area (TPSA) is 92.0 Å². The maximum Gasteiger partial charge on any atom is 0.344 e. The van der Waals surface area contributed by atoms with Crippen molar-refractivity contribution in [1.29, 1.82) is 0 Å². The third-order valence-electron chi connectivity index (χ3n) is 6.21.